The molecule has 182 valence electrons. The molecular weight excluding hydrogens is 488 g/mol. The molecule has 1 aliphatic rings. The van der Waals surface area contributed by atoms with Crippen molar-refractivity contribution in [1.29, 1.82) is 0 Å². The minimum atomic E-state index is -0.823. The number of ether oxygens (including phenoxy) is 3. The molecular formula is C26H25ClN2O5S. The van der Waals surface area contributed by atoms with Crippen LogP contribution in [-0.2, 0) is 9.53 Å². The van der Waals surface area contributed by atoms with Gasteiger partial charge >= 0.3 is 5.97 Å². The summed E-state index contributed by atoms with van der Waals surface area (Å²) in [7, 11) is 2.82. The third-order valence-corrected chi connectivity index (χ3v) is 6.70. The lowest BCUT2D eigenvalue weighted by atomic mass is 9.95. The number of nitrogens with zero attached hydrogens (tertiary/aromatic N) is 2. The summed E-state index contributed by atoms with van der Waals surface area (Å²) in [6, 6.07) is 11.8. The number of allylic oxidation sites excluding steroid dienone is 1. The second-order valence-electron chi connectivity index (χ2n) is 8.16. The van der Waals surface area contributed by atoms with E-state index in [9.17, 15) is 9.59 Å². The van der Waals surface area contributed by atoms with Gasteiger partial charge in [-0.1, -0.05) is 41.1 Å². The number of carbonyl (C=O) groups is 1. The fourth-order valence-electron chi connectivity index (χ4n) is 4.01. The Bertz CT molecular complexity index is 1500. The van der Waals surface area contributed by atoms with Crippen LogP contribution in [-0.4, -0.2) is 30.9 Å². The summed E-state index contributed by atoms with van der Waals surface area (Å²) in [5, 5.41) is 0.446. The third-order valence-electron chi connectivity index (χ3n) is 5.48. The van der Waals surface area contributed by atoms with E-state index in [-0.39, 0.29) is 17.2 Å². The number of fused-ring (bicyclic) bond motifs is 1. The summed E-state index contributed by atoms with van der Waals surface area (Å²) in [6.07, 6.45) is 1.76. The zero-order chi connectivity index (χ0) is 25.3. The average molecular weight is 513 g/mol. The largest absolute Gasteiger partial charge is 0.496 e. The molecule has 0 radical (unpaired) electrons. The molecule has 1 aliphatic heterocycles. The second kappa shape index (κ2) is 10.1. The van der Waals surface area contributed by atoms with E-state index in [0.29, 0.717) is 37.1 Å². The van der Waals surface area contributed by atoms with Gasteiger partial charge in [0.15, 0.2) is 4.80 Å². The van der Waals surface area contributed by atoms with Crippen LogP contribution in [0.1, 0.15) is 37.9 Å². The van der Waals surface area contributed by atoms with Gasteiger partial charge in [0, 0.05) is 16.1 Å². The highest BCUT2D eigenvalue weighted by Gasteiger charge is 2.35. The SMILES string of the molecule is COC(=O)C1=C(C)N=c2s/c(=C\c3ccccc3OC(C)C)c(=O)n2[C@H]1c1cc(Cl)ccc1OC. The number of aromatic nitrogens is 1. The second-order valence-corrected chi connectivity index (χ2v) is 9.61. The van der Waals surface area contributed by atoms with Crippen LogP contribution in [0.25, 0.3) is 6.08 Å². The summed E-state index contributed by atoms with van der Waals surface area (Å²) >= 11 is 7.55. The van der Waals surface area contributed by atoms with Crippen molar-refractivity contribution < 1.29 is 19.0 Å². The standard InChI is InChI=1S/C26H25ClN2O5S/c1-14(2)34-19-9-7-6-8-16(19)12-21-24(30)29-23(18-13-17(27)10-11-20(18)32-4)22(25(31)33-5)15(3)28-26(29)35-21/h6-14,23H,1-5H3/b21-12-/t23-/m0/s1. The fourth-order valence-corrected chi connectivity index (χ4v) is 5.23. The summed E-state index contributed by atoms with van der Waals surface area (Å²) < 4.78 is 18.5. The Labute approximate surface area is 211 Å². The monoisotopic (exact) mass is 512 g/mol. The Hall–Kier alpha value is -3.36. The van der Waals surface area contributed by atoms with Gasteiger partial charge in [-0.25, -0.2) is 9.79 Å². The van der Waals surface area contributed by atoms with Crippen molar-refractivity contribution in [3.05, 3.63) is 89.6 Å². The van der Waals surface area contributed by atoms with Crippen molar-refractivity contribution in [3.63, 3.8) is 0 Å². The zero-order valence-electron chi connectivity index (χ0n) is 20.0. The topological polar surface area (TPSA) is 79.1 Å². The number of methoxy groups -OCH3 is 2. The molecule has 0 saturated heterocycles. The van der Waals surface area contributed by atoms with E-state index in [0.717, 1.165) is 5.56 Å². The van der Waals surface area contributed by atoms with E-state index in [2.05, 4.69) is 4.99 Å². The normalized spacial score (nSPS) is 15.6. The molecule has 1 atom stereocenters. The van der Waals surface area contributed by atoms with Gasteiger partial charge in [-0.05, 0) is 51.1 Å². The number of para-hydroxylation sites is 1. The highest BCUT2D eigenvalue weighted by Crippen LogP contribution is 2.37. The molecule has 4 rings (SSSR count). The predicted octanol–water partition coefficient (Wildman–Crippen LogP) is 3.86. The Morgan fingerprint density at radius 3 is 2.60 bits per heavy atom. The number of halogens is 1. The summed E-state index contributed by atoms with van der Waals surface area (Å²) in [5.74, 6) is 0.580. The lowest BCUT2D eigenvalue weighted by molar-refractivity contribution is -0.136. The van der Waals surface area contributed by atoms with Gasteiger partial charge in [-0.15, -0.1) is 0 Å². The molecule has 0 fully saturated rings. The number of esters is 1. The molecule has 0 N–H and O–H groups in total. The molecule has 35 heavy (non-hydrogen) atoms. The van der Waals surface area contributed by atoms with Crippen molar-refractivity contribution in [2.24, 2.45) is 4.99 Å². The lowest BCUT2D eigenvalue weighted by Gasteiger charge is -2.25. The molecule has 0 amide bonds. The maximum atomic E-state index is 13.8. The highest BCUT2D eigenvalue weighted by atomic mass is 35.5. The molecule has 0 unspecified atom stereocenters. The first-order chi connectivity index (χ1) is 16.7. The van der Waals surface area contributed by atoms with Crippen molar-refractivity contribution in [3.8, 4) is 11.5 Å². The number of thiazole rings is 1. The molecule has 9 heteroatoms. The maximum absolute atomic E-state index is 13.8. The minimum absolute atomic E-state index is 0.0219. The van der Waals surface area contributed by atoms with Crippen LogP contribution in [0.3, 0.4) is 0 Å². The molecule has 0 aliphatic carbocycles. The zero-order valence-corrected chi connectivity index (χ0v) is 21.6. The van der Waals surface area contributed by atoms with Crippen LogP contribution < -0.4 is 24.4 Å². The van der Waals surface area contributed by atoms with Crippen LogP contribution >= 0.6 is 22.9 Å². The number of rotatable bonds is 6. The van der Waals surface area contributed by atoms with Crippen molar-refractivity contribution in [2.45, 2.75) is 32.9 Å². The van der Waals surface area contributed by atoms with Crippen molar-refractivity contribution >= 4 is 35.0 Å². The molecule has 3 aromatic rings. The molecule has 0 spiro atoms. The lowest BCUT2D eigenvalue weighted by Crippen LogP contribution is -2.40. The summed E-state index contributed by atoms with van der Waals surface area (Å²) in [4.78, 5) is 31.7. The first kappa shape index (κ1) is 24.8. The van der Waals surface area contributed by atoms with Crippen molar-refractivity contribution in [1.82, 2.24) is 4.57 Å². The smallest absolute Gasteiger partial charge is 0.338 e. The molecule has 7 nitrogen and oxygen atoms in total. The van der Waals surface area contributed by atoms with Gasteiger partial charge in [0.2, 0.25) is 0 Å². The Morgan fingerprint density at radius 2 is 1.91 bits per heavy atom. The summed E-state index contributed by atoms with van der Waals surface area (Å²) in [5.41, 5.74) is 1.74. The Balaban J connectivity index is 2.00. The van der Waals surface area contributed by atoms with E-state index in [1.807, 2.05) is 38.1 Å². The highest BCUT2D eigenvalue weighted by molar-refractivity contribution is 7.07. The van der Waals surface area contributed by atoms with E-state index in [1.165, 1.54) is 30.1 Å². The first-order valence-corrected chi connectivity index (χ1v) is 12.1. The van der Waals surface area contributed by atoms with Crippen LogP contribution in [0.15, 0.2) is 63.5 Å². The van der Waals surface area contributed by atoms with Gasteiger partial charge in [-0.3, -0.25) is 9.36 Å². The number of benzene rings is 2. The quantitative estimate of drug-likeness (QED) is 0.469. The summed E-state index contributed by atoms with van der Waals surface area (Å²) in [6.45, 7) is 5.61. The number of carbonyl (C=O) groups excluding carboxylic acids is 1. The van der Waals surface area contributed by atoms with Crippen molar-refractivity contribution in [2.75, 3.05) is 14.2 Å². The van der Waals surface area contributed by atoms with Gasteiger partial charge in [0.05, 0.1) is 36.1 Å². The molecule has 1 aromatic heterocycles. The van der Waals surface area contributed by atoms with Crippen LogP contribution in [0.5, 0.6) is 11.5 Å². The third kappa shape index (κ3) is 4.76. The molecule has 2 aromatic carbocycles. The van der Waals surface area contributed by atoms with E-state index in [4.69, 9.17) is 25.8 Å². The fraction of sp³-hybridized carbons (Fsp3) is 0.269. The van der Waals surface area contributed by atoms with Crippen LogP contribution in [0, 0.1) is 0 Å². The van der Waals surface area contributed by atoms with Gasteiger partial charge in [0.1, 0.15) is 17.5 Å². The minimum Gasteiger partial charge on any atom is -0.496 e. The van der Waals surface area contributed by atoms with E-state index < -0.39 is 12.0 Å². The van der Waals surface area contributed by atoms with Crippen LogP contribution in [0.4, 0.5) is 0 Å². The maximum Gasteiger partial charge on any atom is 0.338 e. The van der Waals surface area contributed by atoms with Gasteiger partial charge < -0.3 is 14.2 Å². The number of hydrogen-bond donors (Lipinski definition) is 0. The van der Waals surface area contributed by atoms with Gasteiger partial charge in [-0.2, -0.15) is 0 Å². The van der Waals surface area contributed by atoms with E-state index >= 15 is 0 Å². The van der Waals surface area contributed by atoms with Crippen LogP contribution in [0.2, 0.25) is 5.02 Å². The Morgan fingerprint density at radius 1 is 1.17 bits per heavy atom. The molecule has 2 heterocycles. The predicted molar refractivity (Wildman–Crippen MR) is 136 cm³/mol. The van der Waals surface area contributed by atoms with Gasteiger partial charge in [0.25, 0.3) is 5.56 Å². The average Bonchev–Trinajstić information content (AvgIpc) is 3.13. The van der Waals surface area contributed by atoms with E-state index in [1.54, 1.807) is 31.2 Å². The molecule has 0 saturated carbocycles. The number of hydrogen-bond acceptors (Lipinski definition) is 7. The first-order valence-electron chi connectivity index (χ1n) is 10.9. The Kier molecular flexibility index (Phi) is 7.14. The molecule has 0 bridgehead atoms.